The largest absolute Gasteiger partial charge is 0.379 e. The molecular formula is C12H14FNO2. The Kier molecular flexibility index (Phi) is 3.31. The molecule has 0 aliphatic carbocycles. The minimum Gasteiger partial charge on any atom is -0.379 e. The summed E-state index contributed by atoms with van der Waals surface area (Å²) in [6.07, 6.45) is 0.534. The predicted octanol–water partition coefficient (Wildman–Crippen LogP) is 1.33. The maximum atomic E-state index is 12.7. The van der Waals surface area contributed by atoms with E-state index in [1.807, 2.05) is 0 Å². The summed E-state index contributed by atoms with van der Waals surface area (Å²) in [5.41, 5.74) is 0.514. The van der Waals surface area contributed by atoms with Crippen LogP contribution in [-0.4, -0.2) is 23.7 Å². The van der Waals surface area contributed by atoms with Crippen LogP contribution in [0.1, 0.15) is 23.2 Å². The van der Waals surface area contributed by atoms with E-state index < -0.39 is 6.23 Å². The average Bonchev–Trinajstić information content (AvgIpc) is 2.29. The molecule has 2 unspecified atom stereocenters. The van der Waals surface area contributed by atoms with Gasteiger partial charge in [-0.3, -0.25) is 10.1 Å². The third-order valence-electron chi connectivity index (χ3n) is 2.88. The number of hydrogen-bond acceptors (Lipinski definition) is 3. The monoisotopic (exact) mass is 223 g/mol. The molecule has 2 atom stereocenters. The molecule has 1 aromatic carbocycles. The van der Waals surface area contributed by atoms with Crippen molar-refractivity contribution in [1.82, 2.24) is 5.32 Å². The Morgan fingerprint density at radius 1 is 1.38 bits per heavy atom. The van der Waals surface area contributed by atoms with Crippen LogP contribution in [0.25, 0.3) is 0 Å². The van der Waals surface area contributed by atoms with E-state index in [1.165, 1.54) is 24.3 Å². The van der Waals surface area contributed by atoms with Gasteiger partial charge in [0.15, 0.2) is 5.78 Å². The second kappa shape index (κ2) is 4.72. The summed E-state index contributed by atoms with van der Waals surface area (Å²) < 4.78 is 12.7. The first-order valence-corrected chi connectivity index (χ1v) is 5.38. The van der Waals surface area contributed by atoms with Crippen molar-refractivity contribution in [2.24, 2.45) is 5.92 Å². The molecule has 2 N–H and O–H groups in total. The van der Waals surface area contributed by atoms with Gasteiger partial charge in [-0.2, -0.15) is 0 Å². The lowest BCUT2D eigenvalue weighted by Gasteiger charge is -2.25. The van der Waals surface area contributed by atoms with Crippen molar-refractivity contribution in [2.75, 3.05) is 6.54 Å². The summed E-state index contributed by atoms with van der Waals surface area (Å²) in [7, 11) is 0. The van der Waals surface area contributed by atoms with Crippen LogP contribution >= 0.6 is 0 Å². The number of Topliss-reactive ketones (excluding diaryl/α,β-unsaturated/α-hetero) is 1. The minimum atomic E-state index is -0.608. The Balaban J connectivity index is 2.09. The van der Waals surface area contributed by atoms with Gasteiger partial charge in [-0.05, 0) is 43.7 Å². The zero-order chi connectivity index (χ0) is 11.5. The van der Waals surface area contributed by atoms with E-state index in [1.54, 1.807) is 0 Å². The van der Waals surface area contributed by atoms with Crippen molar-refractivity contribution in [3.8, 4) is 0 Å². The second-order valence-electron chi connectivity index (χ2n) is 4.06. The minimum absolute atomic E-state index is 0.0134. The molecule has 2 rings (SSSR count). The maximum absolute atomic E-state index is 12.7. The molecular weight excluding hydrogens is 209 g/mol. The SMILES string of the molecule is O=C(c1ccc(F)cc1)C1CCNC(O)C1. The Morgan fingerprint density at radius 2 is 2.06 bits per heavy atom. The summed E-state index contributed by atoms with van der Waals surface area (Å²) in [5, 5.41) is 12.3. The molecule has 86 valence electrons. The smallest absolute Gasteiger partial charge is 0.166 e. The molecule has 1 aromatic rings. The number of piperidine rings is 1. The molecule has 16 heavy (non-hydrogen) atoms. The van der Waals surface area contributed by atoms with E-state index in [0.29, 0.717) is 24.9 Å². The van der Waals surface area contributed by atoms with Gasteiger partial charge in [0, 0.05) is 11.5 Å². The number of carbonyl (C=O) groups is 1. The van der Waals surface area contributed by atoms with Gasteiger partial charge in [-0.25, -0.2) is 4.39 Å². The summed E-state index contributed by atoms with van der Waals surface area (Å²) in [4.78, 5) is 12.0. The highest BCUT2D eigenvalue weighted by Gasteiger charge is 2.26. The highest BCUT2D eigenvalue weighted by atomic mass is 19.1. The molecule has 1 heterocycles. The summed E-state index contributed by atoms with van der Waals surface area (Å²) in [6.45, 7) is 0.638. The molecule has 1 saturated heterocycles. The number of hydrogen-bond donors (Lipinski definition) is 2. The van der Waals surface area contributed by atoms with Crippen LogP contribution in [0.2, 0.25) is 0 Å². The lowest BCUT2D eigenvalue weighted by molar-refractivity contribution is 0.0630. The summed E-state index contributed by atoms with van der Waals surface area (Å²) >= 11 is 0. The number of carbonyl (C=O) groups excluding carboxylic acids is 1. The molecule has 0 saturated carbocycles. The number of halogens is 1. The van der Waals surface area contributed by atoms with Crippen molar-refractivity contribution in [3.05, 3.63) is 35.6 Å². The Labute approximate surface area is 93.3 Å². The quantitative estimate of drug-likeness (QED) is 0.743. The van der Waals surface area contributed by atoms with Crippen molar-refractivity contribution in [3.63, 3.8) is 0 Å². The van der Waals surface area contributed by atoms with Crippen LogP contribution < -0.4 is 5.32 Å². The van der Waals surface area contributed by atoms with E-state index in [4.69, 9.17) is 0 Å². The lowest BCUT2D eigenvalue weighted by Crippen LogP contribution is -2.40. The Morgan fingerprint density at radius 3 is 2.69 bits per heavy atom. The number of benzene rings is 1. The van der Waals surface area contributed by atoms with Crippen LogP contribution in [0.5, 0.6) is 0 Å². The molecule has 3 nitrogen and oxygen atoms in total. The molecule has 4 heteroatoms. The average molecular weight is 223 g/mol. The van der Waals surface area contributed by atoms with Crippen LogP contribution in [0.4, 0.5) is 4.39 Å². The molecule has 0 spiro atoms. The van der Waals surface area contributed by atoms with E-state index in [-0.39, 0.29) is 17.5 Å². The molecule has 0 bridgehead atoms. The standard InChI is InChI=1S/C12H14FNO2/c13-10-3-1-8(2-4-10)12(16)9-5-6-14-11(15)7-9/h1-4,9,11,14-15H,5-7H2. The van der Waals surface area contributed by atoms with E-state index in [2.05, 4.69) is 5.32 Å². The van der Waals surface area contributed by atoms with E-state index in [0.717, 1.165) is 0 Å². The fraction of sp³-hybridized carbons (Fsp3) is 0.417. The molecule has 1 aliphatic rings. The van der Waals surface area contributed by atoms with Crippen LogP contribution in [0.3, 0.4) is 0 Å². The number of rotatable bonds is 2. The normalized spacial score (nSPS) is 25.4. The van der Waals surface area contributed by atoms with E-state index in [9.17, 15) is 14.3 Å². The van der Waals surface area contributed by atoms with Gasteiger partial charge >= 0.3 is 0 Å². The molecule has 0 aromatic heterocycles. The van der Waals surface area contributed by atoms with Gasteiger partial charge in [0.1, 0.15) is 12.0 Å². The van der Waals surface area contributed by atoms with Gasteiger partial charge < -0.3 is 5.11 Å². The molecule has 1 fully saturated rings. The van der Waals surface area contributed by atoms with Crippen LogP contribution in [0.15, 0.2) is 24.3 Å². The fourth-order valence-electron chi connectivity index (χ4n) is 1.98. The van der Waals surface area contributed by atoms with Crippen molar-refractivity contribution < 1.29 is 14.3 Å². The van der Waals surface area contributed by atoms with Crippen LogP contribution in [0, 0.1) is 11.7 Å². The van der Waals surface area contributed by atoms with Gasteiger partial charge in [-0.1, -0.05) is 0 Å². The van der Waals surface area contributed by atoms with Gasteiger partial charge in [0.2, 0.25) is 0 Å². The highest BCUT2D eigenvalue weighted by Crippen LogP contribution is 2.20. The number of nitrogens with one attached hydrogen (secondary N) is 1. The van der Waals surface area contributed by atoms with Gasteiger partial charge in [0.25, 0.3) is 0 Å². The molecule has 1 aliphatic heterocycles. The lowest BCUT2D eigenvalue weighted by atomic mass is 9.89. The topological polar surface area (TPSA) is 49.3 Å². The third kappa shape index (κ3) is 2.46. The van der Waals surface area contributed by atoms with Crippen molar-refractivity contribution >= 4 is 5.78 Å². The second-order valence-corrected chi connectivity index (χ2v) is 4.06. The summed E-state index contributed by atoms with van der Waals surface area (Å²) in [5.74, 6) is -0.524. The van der Waals surface area contributed by atoms with Crippen molar-refractivity contribution in [1.29, 1.82) is 0 Å². The highest BCUT2D eigenvalue weighted by molar-refractivity contribution is 5.97. The fourth-order valence-corrected chi connectivity index (χ4v) is 1.98. The van der Waals surface area contributed by atoms with Gasteiger partial charge in [0.05, 0.1) is 0 Å². The number of ketones is 1. The molecule has 0 radical (unpaired) electrons. The number of aliphatic hydroxyl groups excluding tert-OH is 1. The first kappa shape index (κ1) is 11.2. The van der Waals surface area contributed by atoms with Crippen LogP contribution in [-0.2, 0) is 0 Å². The van der Waals surface area contributed by atoms with E-state index >= 15 is 0 Å². The summed E-state index contributed by atoms with van der Waals surface area (Å²) in [6, 6.07) is 5.55. The Bertz CT molecular complexity index is 377. The zero-order valence-corrected chi connectivity index (χ0v) is 8.82. The maximum Gasteiger partial charge on any atom is 0.166 e. The first-order valence-electron chi connectivity index (χ1n) is 5.38. The van der Waals surface area contributed by atoms with Gasteiger partial charge in [-0.15, -0.1) is 0 Å². The predicted molar refractivity (Wildman–Crippen MR) is 57.5 cm³/mol. The molecule has 0 amide bonds. The number of aliphatic hydroxyl groups is 1. The van der Waals surface area contributed by atoms with Crippen molar-refractivity contribution in [2.45, 2.75) is 19.1 Å². The third-order valence-corrected chi connectivity index (χ3v) is 2.88. The zero-order valence-electron chi connectivity index (χ0n) is 8.82. The first-order chi connectivity index (χ1) is 7.66. The Hall–Kier alpha value is -1.26.